The molecule has 0 unspecified atom stereocenters. The molecule has 0 aliphatic heterocycles. The van der Waals surface area contributed by atoms with E-state index in [0.717, 1.165) is 28.6 Å². The molecule has 3 nitrogen and oxygen atoms in total. The van der Waals surface area contributed by atoms with Crippen LogP contribution in [0, 0.1) is 0 Å². The number of benzene rings is 1. The Bertz CT molecular complexity index is 482. The van der Waals surface area contributed by atoms with Gasteiger partial charge in [-0.15, -0.1) is 6.58 Å². The number of hydrogen-bond acceptors (Lipinski definition) is 2. The van der Waals surface area contributed by atoms with E-state index in [9.17, 15) is 0 Å². The third-order valence-electron chi connectivity index (χ3n) is 2.37. The van der Waals surface area contributed by atoms with E-state index in [1.807, 2.05) is 30.1 Å². The molecule has 0 radical (unpaired) electrons. The number of nitrogens with zero attached hydrogens (tertiary/aromatic N) is 2. The quantitative estimate of drug-likeness (QED) is 0.576. The van der Waals surface area contributed by atoms with E-state index in [2.05, 4.69) is 17.7 Å². The highest BCUT2D eigenvalue weighted by molar-refractivity contribution is 5.83. The number of hydrogen-bond donors (Lipinski definition) is 1. The van der Waals surface area contributed by atoms with Crippen molar-refractivity contribution < 1.29 is 0 Å². The summed E-state index contributed by atoms with van der Waals surface area (Å²) in [5, 5.41) is 5.30. The van der Waals surface area contributed by atoms with Crippen molar-refractivity contribution in [1.29, 1.82) is 0 Å². The molecule has 1 aromatic heterocycles. The van der Waals surface area contributed by atoms with Gasteiger partial charge in [0.2, 0.25) is 0 Å². The van der Waals surface area contributed by atoms with E-state index in [0.29, 0.717) is 0 Å². The number of rotatable bonds is 2. The molecule has 72 valence electrons. The molecule has 1 heterocycles. The van der Waals surface area contributed by atoms with Gasteiger partial charge in [0.25, 0.3) is 0 Å². The number of nitrogen functional groups attached to an aromatic ring is 1. The highest BCUT2D eigenvalue weighted by atomic mass is 15.2. The highest BCUT2D eigenvalue weighted by Crippen LogP contribution is 2.21. The summed E-state index contributed by atoms with van der Waals surface area (Å²) in [5.74, 6) is 0. The summed E-state index contributed by atoms with van der Waals surface area (Å²) in [6.45, 7) is 3.71. The lowest BCUT2D eigenvalue weighted by atomic mass is 10.1. The van der Waals surface area contributed by atoms with Gasteiger partial charge >= 0.3 is 0 Å². The van der Waals surface area contributed by atoms with Gasteiger partial charge in [-0.25, -0.2) is 0 Å². The summed E-state index contributed by atoms with van der Waals surface area (Å²) < 4.78 is 1.82. The van der Waals surface area contributed by atoms with Crippen molar-refractivity contribution in [3.63, 3.8) is 0 Å². The highest BCUT2D eigenvalue weighted by Gasteiger charge is 2.03. The minimum atomic E-state index is 0.802. The molecular weight excluding hydrogens is 174 g/mol. The van der Waals surface area contributed by atoms with Crippen LogP contribution in [-0.2, 0) is 13.5 Å². The Morgan fingerprint density at radius 1 is 1.57 bits per heavy atom. The van der Waals surface area contributed by atoms with Gasteiger partial charge in [0.15, 0.2) is 0 Å². The second-order valence-corrected chi connectivity index (χ2v) is 3.37. The number of nitrogens with two attached hydrogens (primary N) is 1. The van der Waals surface area contributed by atoms with Gasteiger partial charge < -0.3 is 5.73 Å². The molecule has 14 heavy (non-hydrogen) atoms. The molecule has 0 amide bonds. The van der Waals surface area contributed by atoms with Crippen molar-refractivity contribution in [3.05, 3.63) is 36.5 Å². The first kappa shape index (κ1) is 8.81. The normalized spacial score (nSPS) is 10.6. The van der Waals surface area contributed by atoms with Crippen molar-refractivity contribution >= 4 is 16.6 Å². The largest absolute Gasteiger partial charge is 0.398 e. The van der Waals surface area contributed by atoms with Gasteiger partial charge in [-0.2, -0.15) is 5.10 Å². The SMILES string of the molecule is C=CCc1cc2cnn(C)c2cc1N. The molecule has 3 heteroatoms. The molecule has 2 N–H and O–H groups in total. The van der Waals surface area contributed by atoms with Crippen LogP contribution in [0.15, 0.2) is 31.0 Å². The molecule has 0 saturated heterocycles. The van der Waals surface area contributed by atoms with Crippen LogP contribution in [0.2, 0.25) is 0 Å². The summed E-state index contributed by atoms with van der Waals surface area (Å²) in [4.78, 5) is 0. The van der Waals surface area contributed by atoms with Crippen LogP contribution in [0.4, 0.5) is 5.69 Å². The van der Waals surface area contributed by atoms with Crippen LogP contribution in [0.25, 0.3) is 10.9 Å². The molecule has 0 saturated carbocycles. The Morgan fingerprint density at radius 3 is 3.07 bits per heavy atom. The van der Waals surface area contributed by atoms with E-state index in [4.69, 9.17) is 5.73 Å². The lowest BCUT2D eigenvalue weighted by Gasteiger charge is -2.03. The standard InChI is InChI=1S/C11H13N3/c1-3-4-8-5-9-7-13-14(2)11(9)6-10(8)12/h3,5-7H,1,4,12H2,2H3. The fourth-order valence-corrected chi connectivity index (χ4v) is 1.60. The zero-order valence-corrected chi connectivity index (χ0v) is 8.20. The van der Waals surface area contributed by atoms with E-state index in [-0.39, 0.29) is 0 Å². The van der Waals surface area contributed by atoms with Crippen molar-refractivity contribution in [2.45, 2.75) is 6.42 Å². The van der Waals surface area contributed by atoms with Gasteiger partial charge in [-0.1, -0.05) is 6.08 Å². The Labute approximate surface area is 82.8 Å². The summed E-state index contributed by atoms with van der Waals surface area (Å²) in [6.07, 6.45) is 4.51. The fourth-order valence-electron chi connectivity index (χ4n) is 1.60. The van der Waals surface area contributed by atoms with Crippen molar-refractivity contribution in [3.8, 4) is 0 Å². The van der Waals surface area contributed by atoms with Crippen LogP contribution in [0.5, 0.6) is 0 Å². The number of anilines is 1. The Morgan fingerprint density at radius 2 is 2.36 bits per heavy atom. The lowest BCUT2D eigenvalue weighted by molar-refractivity contribution is 0.797. The lowest BCUT2D eigenvalue weighted by Crippen LogP contribution is -1.95. The van der Waals surface area contributed by atoms with E-state index >= 15 is 0 Å². The smallest absolute Gasteiger partial charge is 0.0699 e. The summed E-state index contributed by atoms with van der Waals surface area (Å²) in [7, 11) is 1.91. The summed E-state index contributed by atoms with van der Waals surface area (Å²) in [5.41, 5.74) is 8.90. The zero-order chi connectivity index (χ0) is 10.1. The number of aromatic nitrogens is 2. The number of allylic oxidation sites excluding steroid dienone is 1. The first-order valence-electron chi connectivity index (χ1n) is 4.53. The predicted octanol–water partition coefficient (Wildman–Crippen LogP) is 1.88. The Kier molecular flexibility index (Phi) is 2.00. The second kappa shape index (κ2) is 3.18. The van der Waals surface area contributed by atoms with Crippen LogP contribution >= 0.6 is 0 Å². The maximum absolute atomic E-state index is 5.91. The van der Waals surface area contributed by atoms with Gasteiger partial charge in [-0.05, 0) is 24.1 Å². The fraction of sp³-hybridized carbons (Fsp3) is 0.182. The maximum Gasteiger partial charge on any atom is 0.0699 e. The second-order valence-electron chi connectivity index (χ2n) is 3.37. The average Bonchev–Trinajstić information content (AvgIpc) is 2.50. The number of fused-ring (bicyclic) bond motifs is 1. The van der Waals surface area contributed by atoms with Crippen molar-refractivity contribution in [2.75, 3.05) is 5.73 Å². The van der Waals surface area contributed by atoms with Gasteiger partial charge in [0.1, 0.15) is 0 Å². The first-order valence-corrected chi connectivity index (χ1v) is 4.53. The summed E-state index contributed by atoms with van der Waals surface area (Å²) >= 11 is 0. The van der Waals surface area contributed by atoms with Gasteiger partial charge in [0.05, 0.1) is 11.7 Å². The maximum atomic E-state index is 5.91. The Balaban J connectivity index is 2.66. The van der Waals surface area contributed by atoms with Crippen LogP contribution in [0.1, 0.15) is 5.56 Å². The van der Waals surface area contributed by atoms with Crippen LogP contribution in [0.3, 0.4) is 0 Å². The van der Waals surface area contributed by atoms with Crippen molar-refractivity contribution in [1.82, 2.24) is 9.78 Å². The van der Waals surface area contributed by atoms with Gasteiger partial charge in [-0.3, -0.25) is 4.68 Å². The average molecular weight is 187 g/mol. The van der Waals surface area contributed by atoms with Gasteiger partial charge in [0, 0.05) is 18.1 Å². The monoisotopic (exact) mass is 187 g/mol. The molecule has 2 aromatic rings. The third-order valence-corrected chi connectivity index (χ3v) is 2.37. The summed E-state index contributed by atoms with van der Waals surface area (Å²) in [6, 6.07) is 4.03. The molecule has 0 fully saturated rings. The van der Waals surface area contributed by atoms with E-state index in [1.165, 1.54) is 0 Å². The molecule has 0 atom stereocenters. The molecule has 0 bridgehead atoms. The molecule has 1 aromatic carbocycles. The molecule has 0 spiro atoms. The first-order chi connectivity index (χ1) is 6.72. The number of aryl methyl sites for hydroxylation is 1. The Hall–Kier alpha value is -1.77. The minimum Gasteiger partial charge on any atom is -0.398 e. The third kappa shape index (κ3) is 1.27. The topological polar surface area (TPSA) is 43.8 Å². The predicted molar refractivity (Wildman–Crippen MR) is 59.0 cm³/mol. The minimum absolute atomic E-state index is 0.802. The van der Waals surface area contributed by atoms with E-state index in [1.54, 1.807) is 0 Å². The molecular formula is C11H13N3. The van der Waals surface area contributed by atoms with Crippen LogP contribution < -0.4 is 5.73 Å². The molecule has 0 aliphatic carbocycles. The zero-order valence-electron chi connectivity index (χ0n) is 8.20. The molecule has 2 rings (SSSR count). The molecule has 0 aliphatic rings. The van der Waals surface area contributed by atoms with Crippen LogP contribution in [-0.4, -0.2) is 9.78 Å². The van der Waals surface area contributed by atoms with Crippen molar-refractivity contribution in [2.24, 2.45) is 7.05 Å². The van der Waals surface area contributed by atoms with E-state index < -0.39 is 0 Å².